The minimum Gasteiger partial charge on any atom is -0.351 e. The molecule has 0 fully saturated rings. The zero-order valence-electron chi connectivity index (χ0n) is 46.6. The Bertz CT molecular complexity index is 786. The minimum atomic E-state index is -5.05. The number of hydrogen-bond acceptors (Lipinski definition) is 8. The van der Waals surface area contributed by atoms with Gasteiger partial charge in [0.25, 0.3) is 0 Å². The van der Waals surface area contributed by atoms with Gasteiger partial charge in [0.15, 0.2) is 0 Å². The van der Waals surface area contributed by atoms with Gasteiger partial charge in [-0.3, -0.25) is 4.79 Å². The van der Waals surface area contributed by atoms with Crippen LogP contribution in [0.1, 0.15) is 237 Å². The third-order valence-corrected chi connectivity index (χ3v) is 12.1. The second-order valence-electron chi connectivity index (χ2n) is 17.7. The van der Waals surface area contributed by atoms with Gasteiger partial charge in [0, 0.05) is 14.1 Å². The van der Waals surface area contributed by atoms with Gasteiger partial charge < -0.3 is 44.1 Å². The SMILES string of the molecule is CCCCN(CCCC)CCCC.CCCCN(CCCC)CCCC.CCCCN(CCCC)CCCC.CCCCN(CCCC)CCCC.CN(C)C=O.O=P(O)(O)OP(=O)(O)O. The smallest absolute Gasteiger partial charge is 0.351 e. The minimum absolute atomic E-state index is 0.750. The van der Waals surface area contributed by atoms with E-state index in [1.165, 1.54) is 238 Å². The highest BCUT2D eigenvalue weighted by Crippen LogP contribution is 2.53. The number of carbonyl (C=O) groups excluding carboxylic acids is 1. The Kier molecular flexibility index (Phi) is 73.1. The quantitative estimate of drug-likeness (QED) is 0.0342. The van der Waals surface area contributed by atoms with Gasteiger partial charge >= 0.3 is 15.6 Å². The van der Waals surface area contributed by atoms with Crippen molar-refractivity contribution in [1.29, 1.82) is 0 Å². The molecule has 13 nitrogen and oxygen atoms in total. The summed E-state index contributed by atoms with van der Waals surface area (Å²) in [6, 6.07) is 0. The summed E-state index contributed by atoms with van der Waals surface area (Å²) in [5, 5.41) is 0. The second kappa shape index (κ2) is 62.6. The Morgan fingerprint density at radius 2 is 0.424 bits per heavy atom. The molecule has 0 aliphatic heterocycles. The largest absolute Gasteiger partial charge is 0.478 e. The molecule has 0 spiro atoms. The molecule has 4 N–H and O–H groups in total. The fourth-order valence-electron chi connectivity index (χ4n) is 6.06. The van der Waals surface area contributed by atoms with E-state index in [4.69, 9.17) is 19.6 Å². The average Bonchev–Trinajstić information content (AvgIpc) is 3.27. The first-order chi connectivity index (χ1) is 31.4. The van der Waals surface area contributed by atoms with Crippen molar-refractivity contribution in [3.05, 3.63) is 0 Å². The van der Waals surface area contributed by atoms with Crippen LogP contribution in [0.2, 0.25) is 0 Å². The molecule has 0 rings (SSSR count). The molecule has 0 heterocycles. The van der Waals surface area contributed by atoms with E-state index in [2.05, 4.69) is 107 Å². The molecule has 1 amide bonds. The molecule has 0 aromatic rings. The number of carbonyl (C=O) groups is 1. The lowest BCUT2D eigenvalue weighted by atomic mass is 10.2. The van der Waals surface area contributed by atoms with Gasteiger partial charge in [-0.15, -0.1) is 0 Å². The fraction of sp³-hybridized carbons (Fsp3) is 0.980. The third kappa shape index (κ3) is 80.6. The van der Waals surface area contributed by atoms with Crippen LogP contribution in [-0.2, 0) is 18.2 Å². The lowest BCUT2D eigenvalue weighted by Gasteiger charge is -2.21. The van der Waals surface area contributed by atoms with Gasteiger partial charge in [-0.25, -0.2) is 9.13 Å². The van der Waals surface area contributed by atoms with Gasteiger partial charge in [-0.1, -0.05) is 160 Å². The molecule has 15 heteroatoms. The lowest BCUT2D eigenvalue weighted by Crippen LogP contribution is -2.27. The molecule has 406 valence electrons. The van der Waals surface area contributed by atoms with Crippen molar-refractivity contribution in [2.45, 2.75) is 237 Å². The summed E-state index contributed by atoms with van der Waals surface area (Å²) in [6.45, 7) is 43.1. The molecule has 0 bridgehead atoms. The van der Waals surface area contributed by atoms with Gasteiger partial charge in [-0.2, -0.15) is 4.31 Å². The highest BCUT2D eigenvalue weighted by Gasteiger charge is 2.28. The summed E-state index contributed by atoms with van der Waals surface area (Å²) in [5.74, 6) is 0. The van der Waals surface area contributed by atoms with E-state index in [-0.39, 0.29) is 0 Å². The molecule has 0 aliphatic rings. The van der Waals surface area contributed by atoms with E-state index in [0.717, 1.165) is 6.41 Å². The van der Waals surface area contributed by atoms with Crippen LogP contribution in [0.3, 0.4) is 0 Å². The summed E-state index contributed by atoms with van der Waals surface area (Å²) in [4.78, 5) is 52.4. The number of phosphoric acid groups is 2. The van der Waals surface area contributed by atoms with Crippen molar-refractivity contribution in [2.75, 3.05) is 92.6 Å². The Balaban J connectivity index is -0.000000167. The number of amides is 1. The maximum absolute atomic E-state index is 9.63. The maximum Gasteiger partial charge on any atom is 0.478 e. The number of nitrogens with zero attached hydrogens (tertiary/aromatic N) is 5. The standard InChI is InChI=1S/4C12H27N.C3H7NO.H4O7P2/c4*1-4-7-10-13(11-8-5-2)12-9-6-3;1-4(2)3-5;1-8(2,3)7-9(4,5)6/h4*4-12H2,1-3H3;3H,1-2H3;(H2,1,2,3)(H2,4,5,6). The molecule has 66 heavy (non-hydrogen) atoms. The highest BCUT2D eigenvalue weighted by molar-refractivity contribution is 7.60. The van der Waals surface area contributed by atoms with Crippen LogP contribution in [0.25, 0.3) is 0 Å². The Morgan fingerprint density at radius 3 is 0.470 bits per heavy atom. The Hall–Kier alpha value is -0.430. The van der Waals surface area contributed by atoms with Crippen LogP contribution in [0.4, 0.5) is 0 Å². The summed E-state index contributed by atoms with van der Waals surface area (Å²) in [5.41, 5.74) is 0. The van der Waals surface area contributed by atoms with E-state index in [1.807, 2.05) is 0 Å². The van der Waals surface area contributed by atoms with E-state index in [0.29, 0.717) is 0 Å². The molecular formula is C51H119N5O8P2. The van der Waals surface area contributed by atoms with E-state index >= 15 is 0 Å². The first kappa shape index (κ1) is 77.0. The summed E-state index contributed by atoms with van der Waals surface area (Å²) in [6.07, 6.45) is 33.1. The van der Waals surface area contributed by atoms with Gasteiger partial charge in [0.05, 0.1) is 0 Å². The summed E-state index contributed by atoms with van der Waals surface area (Å²) in [7, 11) is -6.73. The van der Waals surface area contributed by atoms with Crippen LogP contribution in [0, 0.1) is 0 Å². The number of hydrogen-bond donors (Lipinski definition) is 4. The first-order valence-electron chi connectivity index (χ1n) is 27.2. The molecule has 0 saturated heterocycles. The lowest BCUT2D eigenvalue weighted by molar-refractivity contribution is -0.115. The Labute approximate surface area is 412 Å². The predicted molar refractivity (Wildman–Crippen MR) is 290 cm³/mol. The molecule has 0 saturated carbocycles. The fourth-order valence-corrected chi connectivity index (χ4v) is 7.17. The van der Waals surface area contributed by atoms with Gasteiger partial charge in [-0.05, 0) is 156 Å². The molecule has 0 aliphatic carbocycles. The van der Waals surface area contributed by atoms with Crippen molar-refractivity contribution in [3.63, 3.8) is 0 Å². The maximum atomic E-state index is 9.63. The van der Waals surface area contributed by atoms with Gasteiger partial charge in [0.2, 0.25) is 6.41 Å². The molecular weight excluding hydrogens is 873 g/mol. The summed E-state index contributed by atoms with van der Waals surface area (Å²) < 4.78 is 22.2. The predicted octanol–water partition coefficient (Wildman–Crippen LogP) is 13.6. The highest BCUT2D eigenvalue weighted by atomic mass is 31.3. The normalized spacial score (nSPS) is 11.1. The van der Waals surface area contributed by atoms with Crippen LogP contribution in [-0.4, -0.2) is 143 Å². The van der Waals surface area contributed by atoms with E-state index in [1.54, 1.807) is 14.1 Å². The van der Waals surface area contributed by atoms with Crippen LogP contribution in [0.15, 0.2) is 0 Å². The van der Waals surface area contributed by atoms with E-state index < -0.39 is 15.6 Å². The van der Waals surface area contributed by atoms with Crippen molar-refractivity contribution in [2.24, 2.45) is 0 Å². The first-order valence-corrected chi connectivity index (χ1v) is 30.3. The van der Waals surface area contributed by atoms with Crippen molar-refractivity contribution in [1.82, 2.24) is 24.5 Å². The van der Waals surface area contributed by atoms with Crippen molar-refractivity contribution >= 4 is 22.1 Å². The zero-order valence-corrected chi connectivity index (χ0v) is 48.4. The van der Waals surface area contributed by atoms with Crippen LogP contribution >= 0.6 is 15.6 Å². The summed E-state index contributed by atoms with van der Waals surface area (Å²) >= 11 is 0. The van der Waals surface area contributed by atoms with Crippen molar-refractivity contribution < 1.29 is 37.8 Å². The molecule has 0 radical (unpaired) electrons. The third-order valence-electron chi connectivity index (χ3n) is 10.4. The van der Waals surface area contributed by atoms with Crippen molar-refractivity contribution in [3.8, 4) is 0 Å². The van der Waals surface area contributed by atoms with Gasteiger partial charge in [0.1, 0.15) is 0 Å². The molecule has 0 aromatic carbocycles. The average molecular weight is 992 g/mol. The zero-order chi connectivity index (χ0) is 51.8. The number of unbranched alkanes of at least 4 members (excludes halogenated alkanes) is 12. The monoisotopic (exact) mass is 992 g/mol. The molecule has 0 unspecified atom stereocenters. The molecule has 0 atom stereocenters. The van der Waals surface area contributed by atoms with Crippen LogP contribution in [0.5, 0.6) is 0 Å². The number of rotatable bonds is 39. The van der Waals surface area contributed by atoms with Crippen LogP contribution < -0.4 is 0 Å². The Morgan fingerprint density at radius 1 is 0.318 bits per heavy atom. The van der Waals surface area contributed by atoms with E-state index in [9.17, 15) is 13.9 Å². The second-order valence-corrected chi connectivity index (χ2v) is 20.4. The molecule has 0 aromatic heterocycles. The topological polar surface area (TPSA) is 158 Å².